The Hall–Kier alpha value is -1.44. The van der Waals surface area contributed by atoms with Gasteiger partial charge in [-0.05, 0) is 44.5 Å². The van der Waals surface area contributed by atoms with Crippen LogP contribution in [0.2, 0.25) is 0 Å². The number of nitrogen functional groups attached to an aromatic ring is 1. The molecule has 0 aromatic carbocycles. The number of anilines is 1. The Balaban J connectivity index is 2.24. The topological polar surface area (TPSA) is 85.1 Å². The Morgan fingerprint density at radius 1 is 1.35 bits per heavy atom. The molecule has 0 saturated heterocycles. The summed E-state index contributed by atoms with van der Waals surface area (Å²) in [4.78, 5) is 6.20. The summed E-state index contributed by atoms with van der Waals surface area (Å²) in [5.74, 6) is 0.293. The predicted molar refractivity (Wildman–Crippen MR) is 81.2 cm³/mol. The van der Waals surface area contributed by atoms with Crippen molar-refractivity contribution in [1.82, 2.24) is 9.71 Å². The molecule has 2 aromatic rings. The molecular formula is C13H17N3O2S2. The van der Waals surface area contributed by atoms with Gasteiger partial charge in [0.1, 0.15) is 10.7 Å². The molecule has 0 bridgehead atoms. The van der Waals surface area contributed by atoms with Crippen molar-refractivity contribution >= 4 is 27.2 Å². The maximum Gasteiger partial charge on any atom is 0.242 e. The van der Waals surface area contributed by atoms with Gasteiger partial charge in [0.15, 0.2) is 0 Å². The quantitative estimate of drug-likeness (QED) is 0.908. The molecular weight excluding hydrogens is 294 g/mol. The second-order valence-corrected chi connectivity index (χ2v) is 7.80. The van der Waals surface area contributed by atoms with Crippen molar-refractivity contribution in [3.63, 3.8) is 0 Å². The Kier molecular flexibility index (Phi) is 4.12. The van der Waals surface area contributed by atoms with Crippen LogP contribution in [-0.4, -0.2) is 13.4 Å². The van der Waals surface area contributed by atoms with E-state index in [1.54, 1.807) is 11.3 Å². The van der Waals surface area contributed by atoms with Crippen molar-refractivity contribution in [2.24, 2.45) is 0 Å². The van der Waals surface area contributed by atoms with E-state index in [9.17, 15) is 8.42 Å². The van der Waals surface area contributed by atoms with Gasteiger partial charge in [0.2, 0.25) is 10.0 Å². The smallest absolute Gasteiger partial charge is 0.242 e. The summed E-state index contributed by atoms with van der Waals surface area (Å²) in [6, 6.07) is 4.64. The van der Waals surface area contributed by atoms with Crippen LogP contribution in [0.25, 0.3) is 0 Å². The lowest BCUT2D eigenvalue weighted by Crippen LogP contribution is -2.27. The van der Waals surface area contributed by atoms with Crippen LogP contribution in [0.4, 0.5) is 5.82 Å². The molecule has 2 heterocycles. The number of nitrogens with two attached hydrogens (primary N) is 1. The molecule has 5 nitrogen and oxygen atoms in total. The first-order valence-electron chi connectivity index (χ1n) is 6.10. The number of nitrogens with one attached hydrogen (secondary N) is 1. The zero-order valence-corrected chi connectivity index (χ0v) is 13.2. The average molecular weight is 311 g/mol. The lowest BCUT2D eigenvalue weighted by Gasteiger charge is -2.14. The summed E-state index contributed by atoms with van der Waals surface area (Å²) in [5.41, 5.74) is 6.46. The maximum atomic E-state index is 12.3. The first-order chi connectivity index (χ1) is 9.29. The van der Waals surface area contributed by atoms with Crippen LogP contribution in [0.15, 0.2) is 29.3 Å². The van der Waals surface area contributed by atoms with Gasteiger partial charge in [0, 0.05) is 22.0 Å². The van der Waals surface area contributed by atoms with Crippen LogP contribution in [0.5, 0.6) is 0 Å². The van der Waals surface area contributed by atoms with E-state index in [0.29, 0.717) is 5.82 Å². The first-order valence-corrected chi connectivity index (χ1v) is 8.40. The van der Waals surface area contributed by atoms with Gasteiger partial charge in [-0.2, -0.15) is 0 Å². The minimum Gasteiger partial charge on any atom is -0.384 e. The van der Waals surface area contributed by atoms with E-state index in [-0.39, 0.29) is 10.9 Å². The summed E-state index contributed by atoms with van der Waals surface area (Å²) in [6.45, 7) is 5.83. The number of aromatic nitrogens is 1. The van der Waals surface area contributed by atoms with E-state index in [0.717, 1.165) is 15.3 Å². The molecule has 7 heteroatoms. The number of sulfonamides is 1. The zero-order chi connectivity index (χ0) is 14.9. The van der Waals surface area contributed by atoms with E-state index in [2.05, 4.69) is 9.71 Å². The fourth-order valence-electron chi connectivity index (χ4n) is 2.00. The highest BCUT2D eigenvalue weighted by atomic mass is 32.2. The standard InChI is InChI=1S/C13H17N3O2S2/c1-8-6-12(10(3)19-8)9(2)16-20(17,18)11-4-5-13(14)15-7-11/h4-7,9,16H,1-3H3,(H2,14,15). The highest BCUT2D eigenvalue weighted by Gasteiger charge is 2.20. The van der Waals surface area contributed by atoms with Gasteiger partial charge < -0.3 is 5.73 Å². The van der Waals surface area contributed by atoms with Crippen LogP contribution in [-0.2, 0) is 10.0 Å². The fourth-order valence-corrected chi connectivity index (χ4v) is 4.18. The molecule has 0 aliphatic rings. The number of nitrogens with zero attached hydrogens (tertiary/aromatic N) is 1. The molecule has 0 radical (unpaired) electrons. The van der Waals surface area contributed by atoms with E-state index in [4.69, 9.17) is 5.73 Å². The van der Waals surface area contributed by atoms with Crippen molar-refractivity contribution in [2.75, 3.05) is 5.73 Å². The normalized spacial score (nSPS) is 13.3. The van der Waals surface area contributed by atoms with Gasteiger partial charge in [0.05, 0.1) is 0 Å². The zero-order valence-electron chi connectivity index (χ0n) is 11.5. The molecule has 0 aliphatic heterocycles. The predicted octanol–water partition coefficient (Wildman–Crippen LogP) is 2.38. The molecule has 2 rings (SSSR count). The van der Waals surface area contributed by atoms with E-state index in [1.807, 2.05) is 26.8 Å². The number of rotatable bonds is 4. The molecule has 108 valence electrons. The molecule has 1 atom stereocenters. The van der Waals surface area contributed by atoms with Crippen LogP contribution < -0.4 is 10.5 Å². The summed E-state index contributed by atoms with van der Waals surface area (Å²) in [6.07, 6.45) is 1.26. The molecule has 1 unspecified atom stereocenters. The van der Waals surface area contributed by atoms with Gasteiger partial charge in [-0.15, -0.1) is 11.3 Å². The number of hydrogen-bond acceptors (Lipinski definition) is 5. The summed E-state index contributed by atoms with van der Waals surface area (Å²) in [5, 5.41) is 0. The van der Waals surface area contributed by atoms with Gasteiger partial charge in [0.25, 0.3) is 0 Å². The van der Waals surface area contributed by atoms with Crippen LogP contribution in [0, 0.1) is 13.8 Å². The van der Waals surface area contributed by atoms with Crippen LogP contribution >= 0.6 is 11.3 Å². The third-order valence-corrected chi connectivity index (χ3v) is 5.45. The number of pyridine rings is 1. The molecule has 2 aromatic heterocycles. The number of thiophene rings is 1. The third kappa shape index (κ3) is 3.17. The van der Waals surface area contributed by atoms with E-state index < -0.39 is 10.0 Å². The highest BCUT2D eigenvalue weighted by molar-refractivity contribution is 7.89. The lowest BCUT2D eigenvalue weighted by molar-refractivity contribution is 0.566. The van der Waals surface area contributed by atoms with E-state index >= 15 is 0 Å². The van der Waals surface area contributed by atoms with Gasteiger partial charge in [-0.3, -0.25) is 0 Å². The molecule has 20 heavy (non-hydrogen) atoms. The van der Waals surface area contributed by atoms with Gasteiger partial charge in [-0.25, -0.2) is 18.1 Å². The average Bonchev–Trinajstić information content (AvgIpc) is 2.68. The van der Waals surface area contributed by atoms with Crippen molar-refractivity contribution in [3.8, 4) is 0 Å². The van der Waals surface area contributed by atoms with Crippen LogP contribution in [0.3, 0.4) is 0 Å². The number of hydrogen-bond donors (Lipinski definition) is 2. The second-order valence-electron chi connectivity index (χ2n) is 4.63. The fraction of sp³-hybridized carbons (Fsp3) is 0.308. The Morgan fingerprint density at radius 3 is 2.55 bits per heavy atom. The Morgan fingerprint density at radius 2 is 2.05 bits per heavy atom. The monoisotopic (exact) mass is 311 g/mol. The molecule has 0 fully saturated rings. The summed E-state index contributed by atoms with van der Waals surface area (Å²) in [7, 11) is -3.60. The van der Waals surface area contributed by atoms with Crippen molar-refractivity contribution in [3.05, 3.63) is 39.7 Å². The molecule has 0 aliphatic carbocycles. The molecule has 0 amide bonds. The van der Waals surface area contributed by atoms with Crippen molar-refractivity contribution in [2.45, 2.75) is 31.7 Å². The van der Waals surface area contributed by atoms with Crippen molar-refractivity contribution in [1.29, 1.82) is 0 Å². The largest absolute Gasteiger partial charge is 0.384 e. The second kappa shape index (κ2) is 5.51. The van der Waals surface area contributed by atoms with E-state index in [1.165, 1.54) is 18.3 Å². The van der Waals surface area contributed by atoms with Gasteiger partial charge in [-0.1, -0.05) is 0 Å². The minimum atomic E-state index is -3.60. The summed E-state index contributed by atoms with van der Waals surface area (Å²) >= 11 is 1.66. The molecule has 0 saturated carbocycles. The summed E-state index contributed by atoms with van der Waals surface area (Å²) < 4.78 is 27.2. The lowest BCUT2D eigenvalue weighted by atomic mass is 10.1. The molecule has 3 N–H and O–H groups in total. The van der Waals surface area contributed by atoms with Crippen LogP contribution in [0.1, 0.15) is 28.3 Å². The first kappa shape index (κ1) is 15.0. The van der Waals surface area contributed by atoms with Gasteiger partial charge >= 0.3 is 0 Å². The Bertz CT molecular complexity index is 706. The van der Waals surface area contributed by atoms with Crippen molar-refractivity contribution < 1.29 is 8.42 Å². The highest BCUT2D eigenvalue weighted by Crippen LogP contribution is 2.27. The molecule has 0 spiro atoms. The third-order valence-electron chi connectivity index (χ3n) is 2.95. The minimum absolute atomic E-state index is 0.114. The maximum absolute atomic E-state index is 12.3. The Labute approximate surface area is 122 Å². The SMILES string of the molecule is Cc1cc(C(C)NS(=O)(=O)c2ccc(N)nc2)c(C)s1. The number of aryl methyl sites for hydroxylation is 2.